The Balaban J connectivity index is 2.12. The van der Waals surface area contributed by atoms with Gasteiger partial charge >= 0.3 is 0 Å². The molecule has 0 aliphatic heterocycles. The molecule has 0 fully saturated rings. The van der Waals surface area contributed by atoms with E-state index in [4.69, 9.17) is 0 Å². The van der Waals surface area contributed by atoms with Crippen molar-refractivity contribution < 1.29 is 4.79 Å². The second-order valence-corrected chi connectivity index (χ2v) is 4.36. The smallest absolute Gasteiger partial charge is 0.295 e. The molecule has 0 atom stereocenters. The van der Waals surface area contributed by atoms with Crippen molar-refractivity contribution in [1.29, 1.82) is 0 Å². The zero-order valence-electron chi connectivity index (χ0n) is 11.3. The van der Waals surface area contributed by atoms with Crippen molar-refractivity contribution in [3.05, 3.63) is 35.9 Å². The highest BCUT2D eigenvalue weighted by atomic mass is 16.2. The monoisotopic (exact) mass is 259 g/mol. The Kier molecular flexibility index (Phi) is 3.79. The Morgan fingerprint density at radius 2 is 2.21 bits per heavy atom. The quantitative estimate of drug-likeness (QED) is 0.876. The molecule has 1 aromatic heterocycles. The molecule has 0 aliphatic rings. The number of aryl methyl sites for hydroxylation is 1. The largest absolute Gasteiger partial charge is 0.378 e. The first kappa shape index (κ1) is 13.1. The topological polar surface area (TPSA) is 73.9 Å². The van der Waals surface area contributed by atoms with E-state index in [1.807, 2.05) is 50.2 Å². The van der Waals surface area contributed by atoms with Gasteiger partial charge in [0.1, 0.15) is 5.82 Å². The predicted octanol–water partition coefficient (Wildman–Crippen LogP) is 1.69. The number of rotatable bonds is 4. The summed E-state index contributed by atoms with van der Waals surface area (Å²) in [5.74, 6) is 0.547. The summed E-state index contributed by atoms with van der Waals surface area (Å²) in [6.45, 7) is 1.95. The van der Waals surface area contributed by atoms with Gasteiger partial charge in [0.05, 0.1) is 0 Å². The van der Waals surface area contributed by atoms with E-state index >= 15 is 0 Å². The molecule has 2 rings (SSSR count). The van der Waals surface area contributed by atoms with E-state index in [-0.39, 0.29) is 11.7 Å². The van der Waals surface area contributed by atoms with E-state index in [9.17, 15) is 4.79 Å². The van der Waals surface area contributed by atoms with Crippen molar-refractivity contribution in [2.45, 2.75) is 13.3 Å². The van der Waals surface area contributed by atoms with Crippen molar-refractivity contribution in [3.8, 4) is 0 Å². The van der Waals surface area contributed by atoms with Gasteiger partial charge in [-0.25, -0.2) is 4.98 Å². The number of amides is 1. The molecule has 0 radical (unpaired) electrons. The molecular formula is C13H17N5O. The van der Waals surface area contributed by atoms with E-state index in [0.717, 1.165) is 17.8 Å². The van der Waals surface area contributed by atoms with Gasteiger partial charge in [0.2, 0.25) is 5.82 Å². The van der Waals surface area contributed by atoms with Crippen LogP contribution in [0.2, 0.25) is 0 Å². The zero-order chi connectivity index (χ0) is 13.8. The van der Waals surface area contributed by atoms with Crippen molar-refractivity contribution in [2.75, 3.05) is 24.3 Å². The van der Waals surface area contributed by atoms with E-state index in [2.05, 4.69) is 20.5 Å². The third kappa shape index (κ3) is 3.09. The number of nitrogens with one attached hydrogen (secondary N) is 2. The van der Waals surface area contributed by atoms with Crippen LogP contribution in [0.25, 0.3) is 0 Å². The fraction of sp³-hybridized carbons (Fsp3) is 0.308. The Bertz CT molecular complexity index is 576. The average Bonchev–Trinajstić information content (AvgIpc) is 2.88. The number of benzene rings is 1. The lowest BCUT2D eigenvalue weighted by Gasteiger charge is -2.13. The molecule has 1 heterocycles. The Labute approximate surface area is 111 Å². The lowest BCUT2D eigenvalue weighted by Crippen LogP contribution is -2.15. The van der Waals surface area contributed by atoms with Gasteiger partial charge in [0.25, 0.3) is 5.91 Å². The minimum absolute atomic E-state index is 0.159. The standard InChI is InChI=1S/C13H17N5O/c1-4-11-15-12(17-16-11)13(19)14-9-6-5-7-10(8-9)18(2)3/h5-8H,4H2,1-3H3,(H,14,19)(H,15,16,17). The van der Waals surface area contributed by atoms with Crippen LogP contribution in [-0.2, 0) is 6.42 Å². The fourth-order valence-electron chi connectivity index (χ4n) is 1.60. The molecule has 0 saturated carbocycles. The number of carbonyl (C=O) groups excluding carboxylic acids is 1. The lowest BCUT2D eigenvalue weighted by atomic mass is 10.2. The molecule has 6 heteroatoms. The predicted molar refractivity (Wildman–Crippen MR) is 74.5 cm³/mol. The number of hydrogen-bond acceptors (Lipinski definition) is 4. The second kappa shape index (κ2) is 5.51. The highest BCUT2D eigenvalue weighted by molar-refractivity contribution is 6.01. The summed E-state index contributed by atoms with van der Waals surface area (Å²) < 4.78 is 0. The zero-order valence-corrected chi connectivity index (χ0v) is 11.3. The summed E-state index contributed by atoms with van der Waals surface area (Å²) in [5, 5.41) is 9.38. The van der Waals surface area contributed by atoms with Crippen LogP contribution in [0.1, 0.15) is 23.4 Å². The maximum Gasteiger partial charge on any atom is 0.295 e. The molecule has 0 spiro atoms. The summed E-state index contributed by atoms with van der Waals surface area (Å²) in [4.78, 5) is 18.0. The molecule has 0 aliphatic carbocycles. The normalized spacial score (nSPS) is 10.3. The van der Waals surface area contributed by atoms with Crippen molar-refractivity contribution in [2.24, 2.45) is 0 Å². The number of carbonyl (C=O) groups is 1. The summed E-state index contributed by atoms with van der Waals surface area (Å²) in [6.07, 6.45) is 0.719. The van der Waals surface area contributed by atoms with Gasteiger partial charge in [-0.3, -0.25) is 9.89 Å². The van der Waals surface area contributed by atoms with Crippen LogP contribution in [0.15, 0.2) is 24.3 Å². The van der Waals surface area contributed by atoms with Crippen LogP contribution in [0.5, 0.6) is 0 Å². The van der Waals surface area contributed by atoms with Gasteiger partial charge in [0, 0.05) is 31.9 Å². The van der Waals surface area contributed by atoms with Crippen molar-refractivity contribution >= 4 is 17.3 Å². The molecule has 6 nitrogen and oxygen atoms in total. The minimum atomic E-state index is -0.313. The van der Waals surface area contributed by atoms with Gasteiger partial charge in [-0.1, -0.05) is 13.0 Å². The molecule has 100 valence electrons. The molecule has 2 N–H and O–H groups in total. The van der Waals surface area contributed by atoms with Crippen LogP contribution < -0.4 is 10.2 Å². The Morgan fingerprint density at radius 1 is 1.42 bits per heavy atom. The third-order valence-electron chi connectivity index (χ3n) is 2.69. The molecule has 1 amide bonds. The highest BCUT2D eigenvalue weighted by Crippen LogP contribution is 2.17. The van der Waals surface area contributed by atoms with Gasteiger partial charge in [-0.15, -0.1) is 5.10 Å². The fourth-order valence-corrected chi connectivity index (χ4v) is 1.60. The number of aromatic amines is 1. The van der Waals surface area contributed by atoms with Crippen LogP contribution >= 0.6 is 0 Å². The van der Waals surface area contributed by atoms with Gasteiger partial charge in [-0.2, -0.15) is 0 Å². The maximum absolute atomic E-state index is 12.0. The molecule has 1 aromatic carbocycles. The van der Waals surface area contributed by atoms with Crippen LogP contribution in [0.4, 0.5) is 11.4 Å². The number of H-pyrrole nitrogens is 1. The van der Waals surface area contributed by atoms with Gasteiger partial charge < -0.3 is 10.2 Å². The van der Waals surface area contributed by atoms with Gasteiger partial charge in [0.15, 0.2) is 0 Å². The molecule has 19 heavy (non-hydrogen) atoms. The van der Waals surface area contributed by atoms with E-state index < -0.39 is 0 Å². The third-order valence-corrected chi connectivity index (χ3v) is 2.69. The first-order valence-electron chi connectivity index (χ1n) is 6.10. The van der Waals surface area contributed by atoms with E-state index in [1.54, 1.807) is 0 Å². The first-order valence-corrected chi connectivity index (χ1v) is 6.10. The molecule has 2 aromatic rings. The summed E-state index contributed by atoms with van der Waals surface area (Å²) in [6, 6.07) is 7.58. The number of nitrogens with zero attached hydrogens (tertiary/aromatic N) is 3. The van der Waals surface area contributed by atoms with Crippen molar-refractivity contribution in [3.63, 3.8) is 0 Å². The van der Waals surface area contributed by atoms with Crippen LogP contribution in [0, 0.1) is 0 Å². The minimum Gasteiger partial charge on any atom is -0.378 e. The van der Waals surface area contributed by atoms with Crippen LogP contribution in [0.3, 0.4) is 0 Å². The van der Waals surface area contributed by atoms with Crippen LogP contribution in [-0.4, -0.2) is 35.2 Å². The summed E-state index contributed by atoms with van der Waals surface area (Å²) in [7, 11) is 3.90. The number of anilines is 2. The Morgan fingerprint density at radius 3 is 2.84 bits per heavy atom. The Hall–Kier alpha value is -2.37. The molecular weight excluding hydrogens is 242 g/mol. The molecule has 0 saturated heterocycles. The second-order valence-electron chi connectivity index (χ2n) is 4.36. The molecule has 0 bridgehead atoms. The van der Waals surface area contributed by atoms with E-state index in [1.165, 1.54) is 0 Å². The van der Waals surface area contributed by atoms with Gasteiger partial charge in [-0.05, 0) is 18.2 Å². The summed E-state index contributed by atoms with van der Waals surface area (Å²) in [5.41, 5.74) is 1.74. The summed E-state index contributed by atoms with van der Waals surface area (Å²) >= 11 is 0. The lowest BCUT2D eigenvalue weighted by molar-refractivity contribution is 0.101. The number of hydrogen-bond donors (Lipinski definition) is 2. The van der Waals surface area contributed by atoms with E-state index in [0.29, 0.717) is 5.82 Å². The SMILES string of the molecule is CCc1nc(C(=O)Nc2cccc(N(C)C)c2)n[nH]1. The maximum atomic E-state index is 12.0. The number of aromatic nitrogens is 3. The highest BCUT2D eigenvalue weighted by Gasteiger charge is 2.12. The average molecular weight is 259 g/mol. The van der Waals surface area contributed by atoms with Crippen molar-refractivity contribution in [1.82, 2.24) is 15.2 Å². The molecule has 0 unspecified atom stereocenters. The first-order chi connectivity index (χ1) is 9.10.